The number of esters is 1. The van der Waals surface area contributed by atoms with Crippen LogP contribution in [-0.2, 0) is 19.0 Å². The van der Waals surface area contributed by atoms with Crippen molar-refractivity contribution in [2.75, 3.05) is 19.8 Å². The average Bonchev–Trinajstić information content (AvgIpc) is 2.82. The Kier molecular flexibility index (Phi) is 15.1. The van der Waals surface area contributed by atoms with Gasteiger partial charge in [-0.25, -0.2) is 9.59 Å². The molecule has 0 heterocycles. The Morgan fingerprint density at radius 2 is 1.74 bits per heavy atom. The molecule has 0 bridgehead atoms. The van der Waals surface area contributed by atoms with Crippen molar-refractivity contribution < 1.29 is 28.5 Å². The van der Waals surface area contributed by atoms with Gasteiger partial charge in [-0.2, -0.15) is 0 Å². The van der Waals surface area contributed by atoms with Gasteiger partial charge >= 0.3 is 12.1 Å². The molecule has 1 fully saturated rings. The lowest BCUT2D eigenvalue weighted by molar-refractivity contribution is -0.145. The van der Waals surface area contributed by atoms with Gasteiger partial charge in [0, 0.05) is 12.1 Å². The molecule has 1 aromatic rings. The normalized spacial score (nSPS) is 15.7. The summed E-state index contributed by atoms with van der Waals surface area (Å²) in [5.41, 5.74) is 5.74. The van der Waals surface area contributed by atoms with E-state index in [1.807, 2.05) is 39.0 Å². The molecular weight excluding hydrogens is 448 g/mol. The maximum absolute atomic E-state index is 11.9. The summed E-state index contributed by atoms with van der Waals surface area (Å²) in [5, 5.41) is 2.90. The van der Waals surface area contributed by atoms with Crippen LogP contribution in [0.15, 0.2) is 30.3 Å². The fourth-order valence-electron chi connectivity index (χ4n) is 3.62. The number of hydrogen-bond acceptors (Lipinski definition) is 7. The fraction of sp³-hybridized carbons (Fsp3) is 0.704. The Morgan fingerprint density at radius 1 is 1.09 bits per heavy atom. The maximum Gasteiger partial charge on any atom is 0.407 e. The number of carbonyl (C=O) groups excluding carboxylic acids is 2. The number of rotatable bonds is 11. The van der Waals surface area contributed by atoms with Crippen molar-refractivity contribution in [1.82, 2.24) is 5.32 Å². The van der Waals surface area contributed by atoms with E-state index in [1.54, 1.807) is 19.1 Å². The summed E-state index contributed by atoms with van der Waals surface area (Å²) in [4.78, 5) is 22.8. The van der Waals surface area contributed by atoms with Crippen LogP contribution in [0.1, 0.15) is 79.6 Å². The van der Waals surface area contributed by atoms with Crippen LogP contribution in [0.5, 0.6) is 5.75 Å². The monoisotopic (exact) mass is 494 g/mol. The Balaban J connectivity index is 0.000000400. The van der Waals surface area contributed by atoms with E-state index in [9.17, 15) is 9.59 Å². The lowest BCUT2D eigenvalue weighted by atomic mass is 9.97. The van der Waals surface area contributed by atoms with Crippen molar-refractivity contribution in [2.45, 2.75) is 103 Å². The van der Waals surface area contributed by atoms with E-state index in [2.05, 4.69) is 12.2 Å². The molecule has 3 N–H and O–H groups in total. The van der Waals surface area contributed by atoms with E-state index in [0.717, 1.165) is 25.7 Å². The Bertz CT molecular complexity index is 701. The number of carbonyl (C=O) groups is 2. The van der Waals surface area contributed by atoms with Crippen molar-refractivity contribution in [3.63, 3.8) is 0 Å². The van der Waals surface area contributed by atoms with Crippen molar-refractivity contribution >= 4 is 12.1 Å². The van der Waals surface area contributed by atoms with Crippen LogP contribution in [0.3, 0.4) is 0 Å². The minimum absolute atomic E-state index is 0.0299. The molecule has 35 heavy (non-hydrogen) atoms. The standard InChI is InChI=1S/C17H34N2O3.C10H12O3/c1-5-9-15(19-16(20)22-17(2,3)4)14(18)12-21-13-10-7-6-8-11-13;1-2-12-10(11)8-13-9-6-4-3-5-7-9/h13-15H,5-12,18H2,1-4H3,(H,19,20);3-7H,2,8H2,1H3. The van der Waals surface area contributed by atoms with Crippen molar-refractivity contribution in [2.24, 2.45) is 5.73 Å². The minimum atomic E-state index is -0.496. The molecule has 0 saturated heterocycles. The molecule has 0 aromatic heterocycles. The van der Waals surface area contributed by atoms with E-state index in [0.29, 0.717) is 25.1 Å². The van der Waals surface area contributed by atoms with Crippen molar-refractivity contribution in [3.05, 3.63) is 30.3 Å². The fourth-order valence-corrected chi connectivity index (χ4v) is 3.62. The van der Waals surface area contributed by atoms with Crippen LogP contribution >= 0.6 is 0 Å². The van der Waals surface area contributed by atoms with Crippen molar-refractivity contribution in [3.8, 4) is 5.75 Å². The topological polar surface area (TPSA) is 109 Å². The summed E-state index contributed by atoms with van der Waals surface area (Å²) < 4.78 is 21.1. The number of nitrogens with two attached hydrogens (primary N) is 1. The molecule has 1 aliphatic rings. The third-order valence-electron chi connectivity index (χ3n) is 5.30. The van der Waals surface area contributed by atoms with Gasteiger partial charge in [0.05, 0.1) is 19.3 Å². The zero-order valence-corrected chi connectivity index (χ0v) is 22.2. The van der Waals surface area contributed by atoms with Crippen molar-refractivity contribution in [1.29, 1.82) is 0 Å². The zero-order chi connectivity index (χ0) is 26.1. The van der Waals surface area contributed by atoms with Crippen LogP contribution in [0.4, 0.5) is 4.79 Å². The van der Waals surface area contributed by atoms with Gasteiger partial charge in [-0.15, -0.1) is 0 Å². The molecule has 1 aliphatic carbocycles. The molecule has 8 nitrogen and oxygen atoms in total. The van der Waals surface area contributed by atoms with Crippen LogP contribution < -0.4 is 15.8 Å². The molecule has 1 amide bonds. The van der Waals surface area contributed by atoms with E-state index in [-0.39, 0.29) is 24.7 Å². The Labute approximate surface area is 211 Å². The number of hydrogen-bond donors (Lipinski definition) is 2. The molecular formula is C27H46N2O6. The Morgan fingerprint density at radius 3 is 2.31 bits per heavy atom. The quantitative estimate of drug-likeness (QED) is 0.417. The second-order valence-corrected chi connectivity index (χ2v) is 9.71. The summed E-state index contributed by atoms with van der Waals surface area (Å²) in [7, 11) is 0. The summed E-state index contributed by atoms with van der Waals surface area (Å²) in [6, 6.07) is 8.86. The highest BCUT2D eigenvalue weighted by Crippen LogP contribution is 2.20. The molecule has 8 heteroatoms. The van der Waals surface area contributed by atoms with Gasteiger partial charge in [-0.3, -0.25) is 0 Å². The largest absolute Gasteiger partial charge is 0.482 e. The smallest absolute Gasteiger partial charge is 0.407 e. The van der Waals surface area contributed by atoms with Gasteiger partial charge in [0.15, 0.2) is 6.61 Å². The molecule has 2 rings (SSSR count). The van der Waals surface area contributed by atoms with Gasteiger partial charge in [-0.1, -0.05) is 50.8 Å². The van der Waals surface area contributed by atoms with E-state index < -0.39 is 11.7 Å². The Hall–Kier alpha value is -2.32. The van der Waals surface area contributed by atoms with E-state index in [4.69, 9.17) is 24.7 Å². The lowest BCUT2D eigenvalue weighted by Gasteiger charge is -2.29. The summed E-state index contributed by atoms with van der Waals surface area (Å²) in [6.45, 7) is 10.3. The van der Waals surface area contributed by atoms with E-state index >= 15 is 0 Å². The predicted molar refractivity (Wildman–Crippen MR) is 137 cm³/mol. The number of amides is 1. The number of ether oxygens (including phenoxy) is 4. The minimum Gasteiger partial charge on any atom is -0.482 e. The van der Waals surface area contributed by atoms with Gasteiger partial charge in [-0.05, 0) is 59.1 Å². The highest BCUT2D eigenvalue weighted by Gasteiger charge is 2.24. The maximum atomic E-state index is 11.9. The molecule has 1 aromatic carbocycles. The molecule has 200 valence electrons. The molecule has 1 saturated carbocycles. The van der Waals surface area contributed by atoms with Gasteiger partial charge in [0.2, 0.25) is 0 Å². The van der Waals surface area contributed by atoms with Gasteiger partial charge in [0.25, 0.3) is 0 Å². The first-order valence-electron chi connectivity index (χ1n) is 12.8. The summed E-state index contributed by atoms with van der Waals surface area (Å²) in [5.74, 6) is 0.335. The van der Waals surface area contributed by atoms with E-state index in [1.165, 1.54) is 19.3 Å². The molecule has 0 spiro atoms. The number of nitrogens with one attached hydrogen (secondary N) is 1. The highest BCUT2D eigenvalue weighted by atomic mass is 16.6. The van der Waals surface area contributed by atoms with Gasteiger partial charge < -0.3 is 30.0 Å². The first-order chi connectivity index (χ1) is 16.6. The molecule has 2 atom stereocenters. The third-order valence-corrected chi connectivity index (χ3v) is 5.30. The number of alkyl carbamates (subject to hydrolysis) is 1. The second kappa shape index (κ2) is 17.2. The van der Waals surface area contributed by atoms with Crippen LogP contribution in [-0.4, -0.2) is 55.7 Å². The lowest BCUT2D eigenvalue weighted by Crippen LogP contribution is -2.51. The SMILES string of the molecule is CCCC(NC(=O)OC(C)(C)C)C(N)COC1CCCCC1.CCOC(=O)COc1ccccc1. The second-order valence-electron chi connectivity index (χ2n) is 9.71. The highest BCUT2D eigenvalue weighted by molar-refractivity contribution is 5.71. The molecule has 0 radical (unpaired) electrons. The predicted octanol–water partition coefficient (Wildman–Crippen LogP) is 4.98. The number of para-hydroxylation sites is 1. The van der Waals surface area contributed by atoms with Gasteiger partial charge in [0.1, 0.15) is 11.4 Å². The molecule has 0 aliphatic heterocycles. The number of benzene rings is 1. The van der Waals surface area contributed by atoms with Crippen LogP contribution in [0, 0.1) is 0 Å². The first kappa shape index (κ1) is 30.7. The third kappa shape index (κ3) is 15.3. The first-order valence-corrected chi connectivity index (χ1v) is 12.8. The summed E-state index contributed by atoms with van der Waals surface area (Å²) in [6.07, 6.45) is 7.78. The van der Waals surface area contributed by atoms with Crippen LogP contribution in [0.2, 0.25) is 0 Å². The molecule has 2 unspecified atom stereocenters. The average molecular weight is 495 g/mol. The summed E-state index contributed by atoms with van der Waals surface area (Å²) >= 11 is 0. The van der Waals surface area contributed by atoms with Crippen LogP contribution in [0.25, 0.3) is 0 Å². The zero-order valence-electron chi connectivity index (χ0n) is 22.2.